The van der Waals surface area contributed by atoms with Crippen molar-refractivity contribution in [3.05, 3.63) is 0 Å². The molecule has 0 aliphatic rings. The first-order chi connectivity index (χ1) is 6.71. The molecular weight excluding hydrogens is 207 g/mol. The first kappa shape index (κ1) is 14.7. The second kappa shape index (κ2) is 6.33. The van der Waals surface area contributed by atoms with Gasteiger partial charge in [-0.3, -0.25) is 0 Å². The molecule has 92 valence electrons. The number of rotatable bonds is 7. The van der Waals surface area contributed by atoms with Gasteiger partial charge in [-0.15, -0.1) is 0 Å². The van der Waals surface area contributed by atoms with Crippen LogP contribution >= 0.6 is 0 Å². The smallest absolute Gasteiger partial charge is 0.389 e. The molecule has 0 aliphatic carbocycles. The molecule has 0 radical (unpaired) electrons. The van der Waals surface area contributed by atoms with Gasteiger partial charge in [-0.1, -0.05) is 0 Å². The van der Waals surface area contributed by atoms with Crippen molar-refractivity contribution < 1.29 is 18.3 Å². The van der Waals surface area contributed by atoms with E-state index in [9.17, 15) is 18.3 Å². The van der Waals surface area contributed by atoms with Gasteiger partial charge in [-0.25, -0.2) is 0 Å². The normalized spacial score (nSPS) is 13.2. The van der Waals surface area contributed by atoms with Gasteiger partial charge in [-0.2, -0.15) is 13.2 Å². The third kappa shape index (κ3) is 13.7. The van der Waals surface area contributed by atoms with Gasteiger partial charge >= 0.3 is 6.18 Å². The molecule has 2 nitrogen and oxygen atoms in total. The van der Waals surface area contributed by atoms with E-state index in [0.29, 0.717) is 25.9 Å². The number of hydrogen-bond donors (Lipinski definition) is 2. The molecule has 5 heteroatoms. The Hall–Kier alpha value is -0.290. The summed E-state index contributed by atoms with van der Waals surface area (Å²) in [6.07, 6.45) is -3.45. The lowest BCUT2D eigenvalue weighted by Gasteiger charge is -2.16. The lowest BCUT2D eigenvalue weighted by molar-refractivity contribution is -0.135. The minimum Gasteiger partial charge on any atom is -0.390 e. The lowest BCUT2D eigenvalue weighted by Crippen LogP contribution is -2.27. The third-order valence-electron chi connectivity index (χ3n) is 1.98. The highest BCUT2D eigenvalue weighted by Gasteiger charge is 2.25. The average Bonchev–Trinajstić information content (AvgIpc) is 1.98. The van der Waals surface area contributed by atoms with Gasteiger partial charge in [0.15, 0.2) is 0 Å². The van der Waals surface area contributed by atoms with Crippen molar-refractivity contribution in [2.24, 2.45) is 0 Å². The maximum atomic E-state index is 11.7. The van der Waals surface area contributed by atoms with Crippen LogP contribution in [0, 0.1) is 0 Å². The quantitative estimate of drug-likeness (QED) is 0.655. The van der Waals surface area contributed by atoms with E-state index in [2.05, 4.69) is 5.32 Å². The molecule has 0 bridgehead atoms. The van der Waals surface area contributed by atoms with Crippen LogP contribution in [-0.4, -0.2) is 30.0 Å². The molecule has 0 heterocycles. The highest BCUT2D eigenvalue weighted by Crippen LogP contribution is 2.21. The lowest BCUT2D eigenvalue weighted by atomic mass is 10.1. The number of alkyl halides is 3. The van der Waals surface area contributed by atoms with Gasteiger partial charge in [0.25, 0.3) is 0 Å². The number of unbranched alkanes of at least 4 members (excludes halogenated alkanes) is 1. The minimum absolute atomic E-state index is 0.166. The van der Waals surface area contributed by atoms with Crippen LogP contribution in [0.4, 0.5) is 13.2 Å². The fraction of sp³-hybridized carbons (Fsp3) is 1.00. The summed E-state index contributed by atoms with van der Waals surface area (Å²) in [4.78, 5) is 0. The van der Waals surface area contributed by atoms with Crippen molar-refractivity contribution in [3.8, 4) is 0 Å². The highest BCUT2D eigenvalue weighted by atomic mass is 19.4. The van der Waals surface area contributed by atoms with E-state index in [0.717, 1.165) is 0 Å². The van der Waals surface area contributed by atoms with Crippen LogP contribution in [0.2, 0.25) is 0 Å². The molecule has 15 heavy (non-hydrogen) atoms. The molecule has 2 N–H and O–H groups in total. The minimum atomic E-state index is -4.03. The first-order valence-electron chi connectivity index (χ1n) is 5.20. The van der Waals surface area contributed by atoms with E-state index in [-0.39, 0.29) is 6.42 Å². The second-order valence-corrected chi connectivity index (χ2v) is 4.38. The van der Waals surface area contributed by atoms with Crippen LogP contribution in [0.25, 0.3) is 0 Å². The molecule has 0 saturated heterocycles. The van der Waals surface area contributed by atoms with E-state index < -0.39 is 18.2 Å². The zero-order valence-corrected chi connectivity index (χ0v) is 9.32. The van der Waals surface area contributed by atoms with Crippen molar-refractivity contribution >= 4 is 0 Å². The zero-order chi connectivity index (χ0) is 11.9. The highest BCUT2D eigenvalue weighted by molar-refractivity contribution is 4.66. The fourth-order valence-electron chi connectivity index (χ4n) is 1.09. The van der Waals surface area contributed by atoms with Crippen molar-refractivity contribution in [1.82, 2.24) is 5.32 Å². The van der Waals surface area contributed by atoms with Crippen molar-refractivity contribution in [3.63, 3.8) is 0 Å². The van der Waals surface area contributed by atoms with E-state index in [1.54, 1.807) is 13.8 Å². The summed E-state index contributed by atoms with van der Waals surface area (Å²) in [5.41, 5.74) is -0.709. The van der Waals surface area contributed by atoms with Crippen molar-refractivity contribution in [2.75, 3.05) is 13.1 Å². The topological polar surface area (TPSA) is 32.3 Å². The molecule has 0 spiro atoms. The SMILES string of the molecule is CC(C)(O)CCNCCCCC(F)(F)F. The predicted octanol–water partition coefficient (Wildman–Crippen LogP) is 2.47. The number of aliphatic hydroxyl groups is 1. The molecule has 0 aromatic heterocycles. The number of nitrogens with one attached hydrogen (secondary N) is 1. The molecule has 0 unspecified atom stereocenters. The van der Waals surface area contributed by atoms with Gasteiger partial charge < -0.3 is 10.4 Å². The van der Waals surface area contributed by atoms with E-state index in [4.69, 9.17) is 0 Å². The van der Waals surface area contributed by atoms with Crippen LogP contribution in [0.3, 0.4) is 0 Å². The standard InChI is InChI=1S/C10H20F3NO/c1-9(2,15)6-8-14-7-4-3-5-10(11,12)13/h14-15H,3-8H2,1-2H3. The average molecular weight is 227 g/mol. The second-order valence-electron chi connectivity index (χ2n) is 4.38. The maximum Gasteiger partial charge on any atom is 0.389 e. The van der Waals surface area contributed by atoms with Gasteiger partial charge in [-0.05, 0) is 46.2 Å². The molecule has 0 saturated carbocycles. The molecule has 0 aromatic rings. The Morgan fingerprint density at radius 1 is 1.00 bits per heavy atom. The Balaban J connectivity index is 3.20. The predicted molar refractivity (Wildman–Crippen MR) is 53.7 cm³/mol. The van der Waals surface area contributed by atoms with Gasteiger partial charge in [0.1, 0.15) is 0 Å². The number of halogens is 3. The van der Waals surface area contributed by atoms with Crippen LogP contribution in [0.1, 0.15) is 39.5 Å². The van der Waals surface area contributed by atoms with E-state index in [1.807, 2.05) is 0 Å². The van der Waals surface area contributed by atoms with Gasteiger partial charge in [0.2, 0.25) is 0 Å². The summed E-state index contributed by atoms with van der Waals surface area (Å²) < 4.78 is 35.2. The van der Waals surface area contributed by atoms with Crippen LogP contribution < -0.4 is 5.32 Å². The van der Waals surface area contributed by atoms with Gasteiger partial charge in [0.05, 0.1) is 5.60 Å². The van der Waals surface area contributed by atoms with E-state index in [1.165, 1.54) is 0 Å². The third-order valence-corrected chi connectivity index (χ3v) is 1.98. The summed E-state index contributed by atoms with van der Waals surface area (Å²) in [5, 5.41) is 12.3. The summed E-state index contributed by atoms with van der Waals surface area (Å²) in [7, 11) is 0. The molecular formula is C10H20F3NO. The Bertz CT molecular complexity index is 145. The Labute approximate surface area is 88.9 Å². The molecule has 0 amide bonds. The summed E-state index contributed by atoms with van der Waals surface area (Å²) in [6.45, 7) is 4.62. The molecule has 0 atom stereocenters. The van der Waals surface area contributed by atoms with Gasteiger partial charge in [0, 0.05) is 6.42 Å². The molecule has 0 aliphatic heterocycles. The Morgan fingerprint density at radius 3 is 2.07 bits per heavy atom. The molecule has 0 rings (SSSR count). The van der Waals surface area contributed by atoms with Crippen molar-refractivity contribution in [1.29, 1.82) is 0 Å². The Kier molecular flexibility index (Phi) is 6.20. The summed E-state index contributed by atoms with van der Waals surface area (Å²) >= 11 is 0. The monoisotopic (exact) mass is 227 g/mol. The van der Waals surface area contributed by atoms with Crippen LogP contribution in [0.15, 0.2) is 0 Å². The summed E-state index contributed by atoms with van der Waals surface area (Å²) in [5.74, 6) is 0. The summed E-state index contributed by atoms with van der Waals surface area (Å²) in [6, 6.07) is 0. The maximum absolute atomic E-state index is 11.7. The largest absolute Gasteiger partial charge is 0.390 e. The van der Waals surface area contributed by atoms with Crippen molar-refractivity contribution in [2.45, 2.75) is 51.3 Å². The van der Waals surface area contributed by atoms with E-state index >= 15 is 0 Å². The zero-order valence-electron chi connectivity index (χ0n) is 9.32. The van der Waals surface area contributed by atoms with Crippen LogP contribution in [-0.2, 0) is 0 Å². The fourth-order valence-corrected chi connectivity index (χ4v) is 1.09. The Morgan fingerprint density at radius 2 is 1.60 bits per heavy atom. The molecule has 0 aromatic carbocycles. The number of hydrogen-bond acceptors (Lipinski definition) is 2. The van der Waals surface area contributed by atoms with Crippen LogP contribution in [0.5, 0.6) is 0 Å². The molecule has 0 fully saturated rings. The first-order valence-corrected chi connectivity index (χ1v) is 5.20.